The molecule has 4 amide bonds. The van der Waals surface area contributed by atoms with Gasteiger partial charge in [0, 0.05) is 6.54 Å². The van der Waals surface area contributed by atoms with Crippen molar-refractivity contribution in [2.75, 3.05) is 6.54 Å². The van der Waals surface area contributed by atoms with Gasteiger partial charge in [0.15, 0.2) is 0 Å². The minimum atomic E-state index is -0.681. The zero-order chi connectivity index (χ0) is 12.8. The van der Waals surface area contributed by atoms with Crippen molar-refractivity contribution in [2.24, 2.45) is 5.92 Å². The van der Waals surface area contributed by atoms with E-state index in [1.54, 1.807) is 0 Å². The van der Waals surface area contributed by atoms with Crippen LogP contribution in [0, 0.1) is 5.92 Å². The third kappa shape index (κ3) is 3.28. The number of rotatable bonds is 6. The number of imide groups is 2. The summed E-state index contributed by atoms with van der Waals surface area (Å²) in [5, 5.41) is 2.25. The molecule has 0 bridgehead atoms. The molecule has 0 aromatic rings. The standard InChI is InChI=1S/C12H20N2O3/c1-3-5-6-8-14-11(16)9(7-4-2)10(15)13-12(14)17/h9H,3-8H2,1-2H3,(H,13,15,17). The van der Waals surface area contributed by atoms with Crippen molar-refractivity contribution in [1.82, 2.24) is 10.2 Å². The van der Waals surface area contributed by atoms with Crippen molar-refractivity contribution in [3.63, 3.8) is 0 Å². The smallest absolute Gasteiger partial charge is 0.277 e. The molecular formula is C12H20N2O3. The number of nitrogens with zero attached hydrogens (tertiary/aromatic N) is 1. The molecule has 0 aromatic carbocycles. The molecule has 1 atom stereocenters. The summed E-state index contributed by atoms with van der Waals surface area (Å²) in [7, 11) is 0. The molecule has 1 rings (SSSR count). The molecule has 17 heavy (non-hydrogen) atoms. The normalized spacial score (nSPS) is 20.7. The molecule has 1 heterocycles. The van der Waals surface area contributed by atoms with Crippen LogP contribution in [-0.4, -0.2) is 29.3 Å². The lowest BCUT2D eigenvalue weighted by Crippen LogP contribution is -2.58. The predicted octanol–water partition coefficient (Wildman–Crippen LogP) is 1.67. The van der Waals surface area contributed by atoms with Gasteiger partial charge in [-0.1, -0.05) is 33.1 Å². The number of hydrogen-bond donors (Lipinski definition) is 1. The highest BCUT2D eigenvalue weighted by Crippen LogP contribution is 2.16. The molecule has 0 aliphatic carbocycles. The van der Waals surface area contributed by atoms with Crippen molar-refractivity contribution in [3.05, 3.63) is 0 Å². The van der Waals surface area contributed by atoms with Gasteiger partial charge in [-0.2, -0.15) is 0 Å². The number of barbiturate groups is 1. The van der Waals surface area contributed by atoms with E-state index in [9.17, 15) is 14.4 Å². The van der Waals surface area contributed by atoms with Crippen LogP contribution < -0.4 is 5.32 Å². The van der Waals surface area contributed by atoms with Gasteiger partial charge < -0.3 is 0 Å². The number of amides is 4. The molecular weight excluding hydrogens is 220 g/mol. The highest BCUT2D eigenvalue weighted by atomic mass is 16.2. The molecule has 0 aromatic heterocycles. The maximum Gasteiger partial charge on any atom is 0.330 e. The Morgan fingerprint density at radius 3 is 2.41 bits per heavy atom. The van der Waals surface area contributed by atoms with E-state index in [1.165, 1.54) is 4.90 Å². The zero-order valence-corrected chi connectivity index (χ0v) is 10.5. The van der Waals surface area contributed by atoms with E-state index in [4.69, 9.17) is 0 Å². The quantitative estimate of drug-likeness (QED) is 0.567. The molecule has 1 aliphatic rings. The fraction of sp³-hybridized carbons (Fsp3) is 0.750. The lowest BCUT2D eigenvalue weighted by Gasteiger charge is -2.29. The van der Waals surface area contributed by atoms with Gasteiger partial charge in [-0.15, -0.1) is 0 Å². The number of carbonyl (C=O) groups is 3. The molecule has 0 radical (unpaired) electrons. The third-order valence-corrected chi connectivity index (χ3v) is 2.92. The summed E-state index contributed by atoms with van der Waals surface area (Å²) in [6, 6.07) is -0.566. The van der Waals surface area contributed by atoms with Crippen molar-refractivity contribution in [3.8, 4) is 0 Å². The van der Waals surface area contributed by atoms with Crippen LogP contribution in [0.2, 0.25) is 0 Å². The fourth-order valence-corrected chi connectivity index (χ4v) is 1.94. The van der Waals surface area contributed by atoms with Crippen LogP contribution in [0.5, 0.6) is 0 Å². The predicted molar refractivity (Wildman–Crippen MR) is 63.2 cm³/mol. The summed E-state index contributed by atoms with van der Waals surface area (Å²) >= 11 is 0. The van der Waals surface area contributed by atoms with Gasteiger partial charge in [0.25, 0.3) is 0 Å². The van der Waals surface area contributed by atoms with E-state index in [1.807, 2.05) is 6.92 Å². The molecule has 5 nitrogen and oxygen atoms in total. The topological polar surface area (TPSA) is 66.5 Å². The largest absolute Gasteiger partial charge is 0.330 e. The molecule has 1 saturated heterocycles. The van der Waals surface area contributed by atoms with E-state index in [0.29, 0.717) is 13.0 Å². The van der Waals surface area contributed by atoms with E-state index in [0.717, 1.165) is 25.7 Å². The Morgan fingerprint density at radius 1 is 1.12 bits per heavy atom. The van der Waals surface area contributed by atoms with Gasteiger partial charge in [-0.05, 0) is 12.8 Å². The molecule has 96 valence electrons. The van der Waals surface area contributed by atoms with Gasteiger partial charge in [-0.3, -0.25) is 19.8 Å². The minimum absolute atomic E-state index is 0.336. The van der Waals surface area contributed by atoms with Crippen LogP contribution >= 0.6 is 0 Å². The summed E-state index contributed by atoms with van der Waals surface area (Å²) in [4.78, 5) is 36.2. The first kappa shape index (κ1) is 13.7. The monoisotopic (exact) mass is 240 g/mol. The summed E-state index contributed by atoms with van der Waals surface area (Å²) in [5.74, 6) is -1.47. The van der Waals surface area contributed by atoms with E-state index in [2.05, 4.69) is 12.2 Å². The number of nitrogens with one attached hydrogen (secondary N) is 1. The molecule has 1 aliphatic heterocycles. The Bertz CT molecular complexity index is 315. The minimum Gasteiger partial charge on any atom is -0.277 e. The number of hydrogen-bond acceptors (Lipinski definition) is 3. The van der Waals surface area contributed by atoms with Gasteiger partial charge in [0.2, 0.25) is 11.8 Å². The Kier molecular flexibility index (Phi) is 5.12. The highest BCUT2D eigenvalue weighted by molar-refractivity contribution is 6.16. The van der Waals surface area contributed by atoms with Gasteiger partial charge in [0.05, 0.1) is 0 Å². The lowest BCUT2D eigenvalue weighted by atomic mass is 9.99. The van der Waals surface area contributed by atoms with Crippen molar-refractivity contribution in [1.29, 1.82) is 0 Å². The second kappa shape index (κ2) is 6.37. The van der Waals surface area contributed by atoms with E-state index in [-0.39, 0.29) is 5.91 Å². The molecule has 5 heteroatoms. The zero-order valence-electron chi connectivity index (χ0n) is 10.5. The summed E-state index contributed by atoms with van der Waals surface area (Å²) in [6.07, 6.45) is 4.05. The van der Waals surface area contributed by atoms with E-state index < -0.39 is 17.9 Å². The second-order valence-electron chi connectivity index (χ2n) is 4.33. The Balaban J connectivity index is 2.65. The van der Waals surface area contributed by atoms with Crippen molar-refractivity contribution < 1.29 is 14.4 Å². The van der Waals surface area contributed by atoms with Crippen LogP contribution in [0.3, 0.4) is 0 Å². The Labute approximate surface area is 102 Å². The van der Waals surface area contributed by atoms with Gasteiger partial charge in [-0.25, -0.2) is 4.79 Å². The Hall–Kier alpha value is -1.39. The van der Waals surface area contributed by atoms with Crippen LogP contribution in [0.4, 0.5) is 4.79 Å². The summed E-state index contributed by atoms with van der Waals surface area (Å²) < 4.78 is 0. The molecule has 1 N–H and O–H groups in total. The second-order valence-corrected chi connectivity index (χ2v) is 4.33. The van der Waals surface area contributed by atoms with Gasteiger partial charge >= 0.3 is 6.03 Å². The first-order valence-electron chi connectivity index (χ1n) is 6.28. The van der Waals surface area contributed by atoms with Crippen LogP contribution in [0.1, 0.15) is 46.0 Å². The summed E-state index contributed by atoms with van der Waals surface area (Å²) in [6.45, 7) is 4.38. The SMILES string of the molecule is CCCCCN1C(=O)NC(=O)C(CCC)C1=O. The molecule has 1 unspecified atom stereocenters. The number of carbonyl (C=O) groups excluding carboxylic acids is 3. The van der Waals surface area contributed by atoms with E-state index >= 15 is 0 Å². The lowest BCUT2D eigenvalue weighted by molar-refractivity contribution is -0.142. The van der Waals surface area contributed by atoms with Crippen molar-refractivity contribution in [2.45, 2.75) is 46.0 Å². The van der Waals surface area contributed by atoms with Crippen molar-refractivity contribution >= 4 is 17.8 Å². The maximum atomic E-state index is 12.0. The highest BCUT2D eigenvalue weighted by Gasteiger charge is 2.39. The maximum absolute atomic E-state index is 12.0. The Morgan fingerprint density at radius 2 is 1.82 bits per heavy atom. The summed E-state index contributed by atoms with van der Waals surface area (Å²) in [5.41, 5.74) is 0. The average Bonchev–Trinajstić information content (AvgIpc) is 2.29. The third-order valence-electron chi connectivity index (χ3n) is 2.92. The van der Waals surface area contributed by atoms with Gasteiger partial charge in [0.1, 0.15) is 5.92 Å². The van der Waals surface area contributed by atoms with Crippen LogP contribution in [0.25, 0.3) is 0 Å². The fourth-order valence-electron chi connectivity index (χ4n) is 1.94. The van der Waals surface area contributed by atoms with Crippen LogP contribution in [-0.2, 0) is 9.59 Å². The average molecular weight is 240 g/mol. The number of urea groups is 1. The van der Waals surface area contributed by atoms with Crippen LogP contribution in [0.15, 0.2) is 0 Å². The first-order chi connectivity index (χ1) is 8.11. The first-order valence-corrected chi connectivity index (χ1v) is 6.28. The molecule has 1 fully saturated rings. The number of unbranched alkanes of at least 4 members (excludes halogenated alkanes) is 2. The molecule has 0 spiro atoms. The molecule has 0 saturated carbocycles.